The lowest BCUT2D eigenvalue weighted by Crippen LogP contribution is -1.80. The molecule has 0 saturated carbocycles. The average Bonchev–Trinajstić information content (AvgIpc) is 2.78. The minimum absolute atomic E-state index is 0.194. The minimum atomic E-state index is -0.194. The number of nitrogens with zero attached hydrogens (tertiary/aromatic N) is 2. The molecule has 2 aromatic heterocycles. The Morgan fingerprint density at radius 2 is 2.40 bits per heavy atom. The van der Waals surface area contributed by atoms with Crippen LogP contribution in [0.5, 0.6) is 0 Å². The Labute approximate surface area is 91.1 Å². The maximum Gasteiger partial charge on any atom is 0.136 e. The summed E-state index contributed by atoms with van der Waals surface area (Å²) in [5.74, 6) is -0.194. The Hall–Kier alpha value is -1.55. The molecule has 0 aliphatic rings. The van der Waals surface area contributed by atoms with E-state index in [9.17, 15) is 4.39 Å². The number of rotatable bonds is 2. The molecule has 2 rings (SSSR count). The molecule has 2 heterocycles. The number of aromatic nitrogens is 2. The Balaban J connectivity index is 2.36. The van der Waals surface area contributed by atoms with Gasteiger partial charge in [0, 0.05) is 17.1 Å². The quantitative estimate of drug-likeness (QED) is 0.773. The number of hydrogen-bond donors (Lipinski definition) is 0. The van der Waals surface area contributed by atoms with Crippen molar-refractivity contribution in [1.29, 1.82) is 0 Å². The lowest BCUT2D eigenvalue weighted by atomic mass is 10.2. The van der Waals surface area contributed by atoms with Crippen LogP contribution in [0, 0.1) is 0 Å². The molecule has 0 aliphatic heterocycles. The van der Waals surface area contributed by atoms with Crippen molar-refractivity contribution in [3.63, 3.8) is 0 Å². The fourth-order valence-electron chi connectivity index (χ4n) is 1.20. The van der Waals surface area contributed by atoms with Crippen LogP contribution in [0.1, 0.15) is 11.8 Å². The first kappa shape index (κ1) is 9.98. The number of halogens is 1. The molecule has 0 saturated heterocycles. The third-order valence-corrected chi connectivity index (χ3v) is 2.90. The van der Waals surface area contributed by atoms with Gasteiger partial charge in [-0.15, -0.1) is 11.3 Å². The second kappa shape index (κ2) is 4.31. The molecule has 76 valence electrons. The van der Waals surface area contributed by atoms with Gasteiger partial charge < -0.3 is 0 Å². The normalized spacial score (nSPS) is 11.7. The summed E-state index contributed by atoms with van der Waals surface area (Å²) in [6.45, 7) is 1.68. The van der Waals surface area contributed by atoms with Crippen LogP contribution in [0.2, 0.25) is 0 Å². The Morgan fingerprint density at radius 1 is 1.53 bits per heavy atom. The number of allylic oxidation sites excluding steroid dienone is 1. The molecular weight excluding hydrogens is 211 g/mol. The van der Waals surface area contributed by atoms with Gasteiger partial charge in [0.1, 0.15) is 12.2 Å². The first-order valence-electron chi connectivity index (χ1n) is 4.48. The van der Waals surface area contributed by atoms with E-state index in [2.05, 4.69) is 9.97 Å². The van der Waals surface area contributed by atoms with E-state index in [-0.39, 0.29) is 5.83 Å². The highest BCUT2D eigenvalue weighted by atomic mass is 32.1. The lowest BCUT2D eigenvalue weighted by Gasteiger charge is -1.93. The lowest BCUT2D eigenvalue weighted by molar-refractivity contribution is 0.762. The second-order valence-electron chi connectivity index (χ2n) is 2.93. The highest BCUT2D eigenvalue weighted by Gasteiger charge is 2.06. The van der Waals surface area contributed by atoms with Crippen LogP contribution in [0.15, 0.2) is 36.1 Å². The van der Waals surface area contributed by atoms with Crippen molar-refractivity contribution in [1.82, 2.24) is 9.97 Å². The van der Waals surface area contributed by atoms with Crippen LogP contribution in [0.3, 0.4) is 0 Å². The molecule has 2 aromatic rings. The highest BCUT2D eigenvalue weighted by molar-refractivity contribution is 7.11. The predicted octanol–water partition coefficient (Wildman–Crippen LogP) is 3.54. The summed E-state index contributed by atoms with van der Waals surface area (Å²) in [6, 6.07) is 3.60. The smallest absolute Gasteiger partial charge is 0.136 e. The van der Waals surface area contributed by atoms with Gasteiger partial charge in [-0.05, 0) is 19.1 Å². The van der Waals surface area contributed by atoms with E-state index < -0.39 is 0 Å². The number of thiophene rings is 1. The minimum Gasteiger partial charge on any atom is -0.245 e. The fourth-order valence-corrected chi connectivity index (χ4v) is 2.07. The summed E-state index contributed by atoms with van der Waals surface area (Å²) < 4.78 is 13.2. The van der Waals surface area contributed by atoms with Crippen molar-refractivity contribution in [2.45, 2.75) is 6.92 Å². The van der Waals surface area contributed by atoms with Crippen LogP contribution in [-0.2, 0) is 0 Å². The van der Waals surface area contributed by atoms with E-state index in [0.29, 0.717) is 4.88 Å². The molecule has 0 aromatic carbocycles. The molecule has 2 nitrogen and oxygen atoms in total. The van der Waals surface area contributed by atoms with Crippen molar-refractivity contribution >= 4 is 17.2 Å². The molecule has 0 atom stereocenters. The van der Waals surface area contributed by atoms with Crippen molar-refractivity contribution in [2.75, 3.05) is 0 Å². The van der Waals surface area contributed by atoms with Gasteiger partial charge in [-0.25, -0.2) is 14.4 Å². The van der Waals surface area contributed by atoms with E-state index in [1.807, 2.05) is 5.38 Å². The standard InChI is InChI=1S/C11H9FN2S/c1-2-9(12)11-5-8(6-15-11)10-3-4-13-7-14-10/h2-7H,1H3/b9-2-. The fraction of sp³-hybridized carbons (Fsp3) is 0.0909. The molecule has 0 radical (unpaired) electrons. The van der Waals surface area contributed by atoms with Gasteiger partial charge in [-0.3, -0.25) is 0 Å². The Kier molecular flexibility index (Phi) is 2.87. The molecule has 4 heteroatoms. The van der Waals surface area contributed by atoms with E-state index in [1.54, 1.807) is 25.3 Å². The predicted molar refractivity (Wildman–Crippen MR) is 60.1 cm³/mol. The van der Waals surface area contributed by atoms with Gasteiger partial charge in [-0.1, -0.05) is 6.08 Å². The van der Waals surface area contributed by atoms with Crippen molar-refractivity contribution < 1.29 is 4.39 Å². The van der Waals surface area contributed by atoms with E-state index in [0.717, 1.165) is 11.3 Å². The van der Waals surface area contributed by atoms with Crippen LogP contribution >= 0.6 is 11.3 Å². The molecule has 0 spiro atoms. The molecule has 0 aliphatic carbocycles. The Bertz CT molecular complexity index is 476. The summed E-state index contributed by atoms with van der Waals surface area (Å²) in [7, 11) is 0. The zero-order valence-corrected chi connectivity index (χ0v) is 8.96. The van der Waals surface area contributed by atoms with Crippen molar-refractivity contribution in [3.8, 4) is 11.3 Å². The van der Waals surface area contributed by atoms with Gasteiger partial charge in [0.25, 0.3) is 0 Å². The number of hydrogen-bond acceptors (Lipinski definition) is 3. The molecule has 15 heavy (non-hydrogen) atoms. The summed E-state index contributed by atoms with van der Waals surface area (Å²) in [4.78, 5) is 8.57. The third-order valence-electron chi connectivity index (χ3n) is 1.97. The highest BCUT2D eigenvalue weighted by Crippen LogP contribution is 2.28. The van der Waals surface area contributed by atoms with Crippen LogP contribution in [-0.4, -0.2) is 9.97 Å². The average molecular weight is 220 g/mol. The topological polar surface area (TPSA) is 25.8 Å². The summed E-state index contributed by atoms with van der Waals surface area (Å²) >= 11 is 1.37. The van der Waals surface area contributed by atoms with Crippen LogP contribution in [0.25, 0.3) is 17.1 Å². The van der Waals surface area contributed by atoms with Crippen molar-refractivity contribution in [2.24, 2.45) is 0 Å². The first-order valence-corrected chi connectivity index (χ1v) is 5.36. The monoisotopic (exact) mass is 220 g/mol. The van der Waals surface area contributed by atoms with Gasteiger partial charge in [0.05, 0.1) is 10.6 Å². The van der Waals surface area contributed by atoms with Gasteiger partial charge >= 0.3 is 0 Å². The van der Waals surface area contributed by atoms with Crippen LogP contribution in [0.4, 0.5) is 4.39 Å². The van der Waals surface area contributed by atoms with Crippen molar-refractivity contribution in [3.05, 3.63) is 41.0 Å². The summed E-state index contributed by atoms with van der Waals surface area (Å²) in [6.07, 6.45) is 4.61. The molecule has 0 unspecified atom stereocenters. The van der Waals surface area contributed by atoms with Gasteiger partial charge in [-0.2, -0.15) is 0 Å². The second-order valence-corrected chi connectivity index (χ2v) is 3.84. The Morgan fingerprint density at radius 3 is 3.07 bits per heavy atom. The largest absolute Gasteiger partial charge is 0.245 e. The van der Waals surface area contributed by atoms with E-state index in [4.69, 9.17) is 0 Å². The summed E-state index contributed by atoms with van der Waals surface area (Å²) in [5, 5.41) is 1.89. The first-order chi connectivity index (χ1) is 7.31. The molecule has 0 amide bonds. The maximum atomic E-state index is 13.2. The maximum absolute atomic E-state index is 13.2. The zero-order chi connectivity index (χ0) is 10.7. The van der Waals surface area contributed by atoms with E-state index >= 15 is 0 Å². The SMILES string of the molecule is C/C=C(\F)c1cc(-c2ccncn2)cs1. The van der Waals surface area contributed by atoms with Crippen LogP contribution < -0.4 is 0 Å². The molecular formula is C11H9FN2S. The zero-order valence-electron chi connectivity index (χ0n) is 8.14. The van der Waals surface area contributed by atoms with Gasteiger partial charge in [0.2, 0.25) is 0 Å². The molecule has 0 bridgehead atoms. The molecule has 0 fully saturated rings. The molecule has 0 N–H and O–H groups in total. The summed E-state index contributed by atoms with van der Waals surface area (Å²) in [5.41, 5.74) is 1.74. The van der Waals surface area contributed by atoms with Gasteiger partial charge in [0.15, 0.2) is 0 Å². The van der Waals surface area contributed by atoms with E-state index in [1.165, 1.54) is 23.7 Å². The third kappa shape index (κ3) is 2.10.